The summed E-state index contributed by atoms with van der Waals surface area (Å²) in [5.74, 6) is -1.51. The number of allylic oxidation sites excluding steroid dienone is 2. The van der Waals surface area contributed by atoms with Gasteiger partial charge in [-0.3, -0.25) is 14.4 Å². The third-order valence-electron chi connectivity index (χ3n) is 7.37. The maximum Gasteiger partial charge on any atom is 0.302 e. The molecule has 6 atom stereocenters. The zero-order valence-electron chi connectivity index (χ0n) is 17.0. The Balaban J connectivity index is 2.07. The Morgan fingerprint density at radius 3 is 2.46 bits per heavy atom. The van der Waals surface area contributed by atoms with E-state index in [1.165, 1.54) is 6.92 Å². The molecule has 28 heavy (non-hydrogen) atoms. The second-order valence-corrected chi connectivity index (χ2v) is 9.30. The number of carbonyl (C=O) groups is 3. The molecular weight excluding hydrogens is 360 g/mol. The van der Waals surface area contributed by atoms with Gasteiger partial charge in [0.25, 0.3) is 0 Å². The fraction of sp³-hybridized carbons (Fsp3) is 0.682. The maximum absolute atomic E-state index is 13.3. The highest BCUT2D eigenvalue weighted by Crippen LogP contribution is 2.56. The van der Waals surface area contributed by atoms with Crippen LogP contribution in [0.5, 0.6) is 0 Å². The van der Waals surface area contributed by atoms with Gasteiger partial charge in [-0.25, -0.2) is 0 Å². The van der Waals surface area contributed by atoms with Crippen LogP contribution in [0.4, 0.5) is 0 Å². The van der Waals surface area contributed by atoms with Gasteiger partial charge in [-0.15, -0.1) is 0 Å². The number of carbonyl (C=O) groups excluding carboxylic acids is 3. The van der Waals surface area contributed by atoms with Gasteiger partial charge in [0.05, 0.1) is 17.6 Å². The van der Waals surface area contributed by atoms with Gasteiger partial charge in [-0.2, -0.15) is 0 Å². The predicted molar refractivity (Wildman–Crippen MR) is 102 cm³/mol. The monoisotopic (exact) mass is 390 g/mol. The molecule has 2 N–H and O–H groups in total. The summed E-state index contributed by atoms with van der Waals surface area (Å²) in [6.45, 7) is 10.7. The Morgan fingerprint density at radius 2 is 1.86 bits per heavy atom. The molecule has 6 unspecified atom stereocenters. The number of rotatable bonds is 1. The first-order valence-electron chi connectivity index (χ1n) is 9.92. The summed E-state index contributed by atoms with van der Waals surface area (Å²) in [7, 11) is 0. The van der Waals surface area contributed by atoms with E-state index in [4.69, 9.17) is 4.74 Å². The lowest BCUT2D eigenvalue weighted by Crippen LogP contribution is -2.61. The summed E-state index contributed by atoms with van der Waals surface area (Å²) in [6.07, 6.45) is 0.0306. The van der Waals surface area contributed by atoms with Crippen molar-refractivity contribution in [2.45, 2.75) is 71.7 Å². The zero-order chi connectivity index (χ0) is 21.0. The molecule has 0 spiro atoms. The quantitative estimate of drug-likeness (QED) is 0.525. The van der Waals surface area contributed by atoms with E-state index in [1.807, 2.05) is 13.8 Å². The summed E-state index contributed by atoms with van der Waals surface area (Å²) in [5.41, 5.74) is -1.03. The Bertz CT molecular complexity index is 763. The largest absolute Gasteiger partial charge is 0.462 e. The van der Waals surface area contributed by atoms with Crippen molar-refractivity contribution in [1.82, 2.24) is 0 Å². The third kappa shape index (κ3) is 3.07. The van der Waals surface area contributed by atoms with E-state index in [9.17, 15) is 24.6 Å². The van der Waals surface area contributed by atoms with Crippen LogP contribution in [-0.2, 0) is 19.1 Å². The van der Waals surface area contributed by atoms with Crippen LogP contribution in [0.25, 0.3) is 0 Å². The second-order valence-electron chi connectivity index (χ2n) is 9.30. The highest BCUT2D eigenvalue weighted by atomic mass is 16.5. The third-order valence-corrected chi connectivity index (χ3v) is 7.37. The molecule has 0 heterocycles. The highest BCUT2D eigenvalue weighted by molar-refractivity contribution is 6.11. The van der Waals surface area contributed by atoms with Gasteiger partial charge in [0.2, 0.25) is 0 Å². The number of esters is 1. The Labute approximate surface area is 165 Å². The average molecular weight is 390 g/mol. The molecule has 0 aliphatic heterocycles. The molecule has 2 bridgehead atoms. The van der Waals surface area contributed by atoms with E-state index in [0.29, 0.717) is 17.6 Å². The van der Waals surface area contributed by atoms with Crippen molar-refractivity contribution in [3.05, 3.63) is 23.8 Å². The van der Waals surface area contributed by atoms with E-state index in [0.717, 1.165) is 0 Å². The van der Waals surface area contributed by atoms with Crippen LogP contribution in [0.15, 0.2) is 23.8 Å². The minimum Gasteiger partial charge on any atom is -0.462 e. The predicted octanol–water partition coefficient (Wildman–Crippen LogP) is 2.13. The van der Waals surface area contributed by atoms with Gasteiger partial charge in [0.1, 0.15) is 11.9 Å². The molecule has 1 saturated carbocycles. The number of fused-ring (bicyclic) bond motifs is 2. The van der Waals surface area contributed by atoms with Crippen LogP contribution >= 0.6 is 0 Å². The fourth-order valence-corrected chi connectivity index (χ4v) is 5.48. The van der Waals surface area contributed by atoms with Gasteiger partial charge >= 0.3 is 5.97 Å². The van der Waals surface area contributed by atoms with Crippen LogP contribution in [0.3, 0.4) is 0 Å². The minimum atomic E-state index is -1.09. The Hall–Kier alpha value is -1.79. The van der Waals surface area contributed by atoms with E-state index in [1.54, 1.807) is 13.0 Å². The number of aliphatic hydroxyl groups excluding tert-OH is 2. The van der Waals surface area contributed by atoms with Crippen LogP contribution < -0.4 is 0 Å². The van der Waals surface area contributed by atoms with Crippen molar-refractivity contribution in [2.24, 2.45) is 22.7 Å². The van der Waals surface area contributed by atoms with Crippen molar-refractivity contribution < 1.29 is 29.3 Å². The highest BCUT2D eigenvalue weighted by Gasteiger charge is 2.60. The molecule has 3 aliphatic rings. The van der Waals surface area contributed by atoms with Crippen molar-refractivity contribution in [3.8, 4) is 0 Å². The van der Waals surface area contributed by atoms with E-state index >= 15 is 0 Å². The number of ether oxygens (including phenoxy) is 1. The second kappa shape index (κ2) is 6.92. The molecule has 0 saturated heterocycles. The summed E-state index contributed by atoms with van der Waals surface area (Å²) in [5, 5.41) is 21.9. The van der Waals surface area contributed by atoms with Crippen LogP contribution in [0.2, 0.25) is 0 Å². The van der Waals surface area contributed by atoms with Crippen molar-refractivity contribution >= 4 is 17.5 Å². The minimum absolute atomic E-state index is 0.0875. The van der Waals surface area contributed by atoms with Crippen molar-refractivity contribution in [2.75, 3.05) is 0 Å². The molecule has 1 fully saturated rings. The van der Waals surface area contributed by atoms with E-state index < -0.39 is 41.0 Å². The molecule has 154 valence electrons. The maximum atomic E-state index is 13.3. The van der Waals surface area contributed by atoms with Crippen LogP contribution in [-0.4, -0.2) is 46.1 Å². The molecule has 0 aromatic rings. The smallest absolute Gasteiger partial charge is 0.302 e. The SMILES string of the molecule is C=C1C(=O)C2=CC1CCC(=O)C1(C)C(O)CC(OC(C)=O)C(C)(C)C1CC2O. The lowest BCUT2D eigenvalue weighted by atomic mass is 9.50. The van der Waals surface area contributed by atoms with Crippen molar-refractivity contribution in [3.63, 3.8) is 0 Å². The lowest BCUT2D eigenvalue weighted by molar-refractivity contribution is -0.194. The summed E-state index contributed by atoms with van der Waals surface area (Å²) >= 11 is 0. The van der Waals surface area contributed by atoms with Gasteiger partial charge in [0, 0.05) is 36.7 Å². The number of ketones is 2. The molecule has 0 aromatic heterocycles. The molecule has 0 amide bonds. The van der Waals surface area contributed by atoms with E-state index in [2.05, 4.69) is 6.58 Å². The van der Waals surface area contributed by atoms with Gasteiger partial charge in [-0.1, -0.05) is 26.5 Å². The topological polar surface area (TPSA) is 101 Å². The van der Waals surface area contributed by atoms with Crippen molar-refractivity contribution in [1.29, 1.82) is 0 Å². The first-order chi connectivity index (χ1) is 12.9. The lowest BCUT2D eigenvalue weighted by Gasteiger charge is -2.56. The van der Waals surface area contributed by atoms with E-state index in [-0.39, 0.29) is 36.7 Å². The molecule has 0 aromatic carbocycles. The van der Waals surface area contributed by atoms with Gasteiger partial charge < -0.3 is 14.9 Å². The Kier molecular flexibility index (Phi) is 5.17. The number of hydrogen-bond acceptors (Lipinski definition) is 6. The summed E-state index contributed by atoms with van der Waals surface area (Å²) in [6, 6.07) is 0. The molecule has 3 aliphatic carbocycles. The first-order valence-corrected chi connectivity index (χ1v) is 9.92. The van der Waals surface area contributed by atoms with Gasteiger partial charge in [0.15, 0.2) is 5.78 Å². The van der Waals surface area contributed by atoms with Crippen LogP contribution in [0, 0.1) is 22.7 Å². The van der Waals surface area contributed by atoms with Crippen LogP contribution in [0.1, 0.15) is 53.4 Å². The molecule has 3 rings (SSSR count). The first kappa shape index (κ1) is 20.9. The number of hydrogen-bond donors (Lipinski definition) is 2. The summed E-state index contributed by atoms with van der Waals surface area (Å²) in [4.78, 5) is 37.5. The number of aliphatic hydroxyl groups is 2. The Morgan fingerprint density at radius 1 is 1.21 bits per heavy atom. The fourth-order valence-electron chi connectivity index (χ4n) is 5.48. The molecule has 6 heteroatoms. The molecular formula is C22H30O6. The zero-order valence-corrected chi connectivity index (χ0v) is 17.0. The average Bonchev–Trinajstić information content (AvgIpc) is 2.88. The summed E-state index contributed by atoms with van der Waals surface area (Å²) < 4.78 is 5.48. The normalized spacial score (nSPS) is 40.6. The number of Topliss-reactive ketones (excluding diaryl/α,β-unsaturated/α-hetero) is 2. The molecule has 0 radical (unpaired) electrons. The molecule has 6 nitrogen and oxygen atoms in total. The van der Waals surface area contributed by atoms with Gasteiger partial charge in [-0.05, 0) is 31.3 Å². The standard InChI is InChI=1S/C22H30O6/c1-11-13-6-7-17(25)22(5)16(9-15(24)14(8-13)20(11)27)21(3,4)19(10-18(22)26)28-12(2)23/h8,13,15-16,18-19,24,26H,1,6-7,9-10H2,2-5H3.